The number of nitrogens with two attached hydrogens (primary N) is 1. The summed E-state index contributed by atoms with van der Waals surface area (Å²) in [6.45, 7) is 5.66. The standard InChI is InChI=1S/C43H64N6O13/c1-4-18-60-34-43(35-61-19-5-2,36-62-20-6-3)49-41(52)13-21-54-23-25-56-27-29-58-31-32-59-30-28-57-26-24-55-22-17-47-40(51)8-7-14-48-42(53)37-9-11-38(12-10-37)46-16-15-45-33-39(44)50/h1-3,9-12,15,46H,7-8,13-14,16-36H2,(H2,44,50)(H,47,51)(H,48,53)(H,49,52)/b45-15+. The SMILES string of the molecule is C#CCOCC(COCC#C)(COCC#C)NC(=O)CCOCCOCCOCCOCCOCCOCCNC(=O)CCCNC(=O)c1ccc(NC/C=N/CC(N)=O)cc1. The molecule has 0 saturated carbocycles. The number of hydrogen-bond acceptors (Lipinski definition) is 15. The zero-order valence-corrected chi connectivity index (χ0v) is 35.6. The molecule has 0 radical (unpaired) electrons. The van der Waals surface area contributed by atoms with E-state index in [9.17, 15) is 19.2 Å². The monoisotopic (exact) mass is 872 g/mol. The van der Waals surface area contributed by atoms with Crippen molar-refractivity contribution in [3.05, 3.63) is 29.8 Å². The summed E-state index contributed by atoms with van der Waals surface area (Å²) in [5.41, 5.74) is 5.28. The fourth-order valence-corrected chi connectivity index (χ4v) is 4.90. The number of anilines is 1. The normalized spacial score (nSPS) is 11.0. The molecule has 0 aliphatic rings. The highest BCUT2D eigenvalue weighted by Gasteiger charge is 2.33. The van der Waals surface area contributed by atoms with Crippen LogP contribution in [0, 0.1) is 37.0 Å². The van der Waals surface area contributed by atoms with Gasteiger partial charge in [-0.15, -0.1) is 19.3 Å². The lowest BCUT2D eigenvalue weighted by atomic mass is 10.0. The van der Waals surface area contributed by atoms with E-state index in [2.05, 4.69) is 44.0 Å². The summed E-state index contributed by atoms with van der Waals surface area (Å²) in [5.74, 6) is 5.99. The third kappa shape index (κ3) is 31.7. The average molecular weight is 873 g/mol. The first-order valence-corrected chi connectivity index (χ1v) is 20.2. The van der Waals surface area contributed by atoms with Crippen molar-refractivity contribution in [2.75, 3.05) is 150 Å². The molecule has 1 rings (SSSR count). The van der Waals surface area contributed by atoms with Crippen molar-refractivity contribution in [2.24, 2.45) is 10.7 Å². The maximum atomic E-state index is 12.7. The van der Waals surface area contributed by atoms with Crippen LogP contribution in [0.5, 0.6) is 0 Å². The molecule has 0 bridgehead atoms. The molecule has 19 heteroatoms. The van der Waals surface area contributed by atoms with Crippen LogP contribution in [-0.4, -0.2) is 180 Å². The molecular weight excluding hydrogens is 809 g/mol. The zero-order chi connectivity index (χ0) is 45.2. The van der Waals surface area contributed by atoms with Crippen LogP contribution >= 0.6 is 0 Å². The first kappa shape index (κ1) is 54.9. The Hall–Kier alpha value is -5.11. The molecule has 0 fully saturated rings. The summed E-state index contributed by atoms with van der Waals surface area (Å²) in [6, 6.07) is 6.91. The minimum Gasteiger partial charge on any atom is -0.380 e. The Morgan fingerprint density at radius 2 is 1.10 bits per heavy atom. The van der Waals surface area contributed by atoms with Gasteiger partial charge in [-0.05, 0) is 30.7 Å². The van der Waals surface area contributed by atoms with E-state index in [-0.39, 0.29) is 83.4 Å². The van der Waals surface area contributed by atoms with Crippen molar-refractivity contribution < 1.29 is 61.8 Å². The number of nitrogens with one attached hydrogen (secondary N) is 4. The molecule has 1 aromatic rings. The molecule has 344 valence electrons. The minimum absolute atomic E-state index is 0.0359. The van der Waals surface area contributed by atoms with Gasteiger partial charge in [0, 0.05) is 49.9 Å². The van der Waals surface area contributed by atoms with E-state index < -0.39 is 11.4 Å². The molecule has 0 aliphatic heterocycles. The van der Waals surface area contributed by atoms with Crippen molar-refractivity contribution in [3.63, 3.8) is 0 Å². The van der Waals surface area contributed by atoms with E-state index in [0.29, 0.717) is 104 Å². The van der Waals surface area contributed by atoms with Crippen LogP contribution in [0.2, 0.25) is 0 Å². The highest BCUT2D eigenvalue weighted by Crippen LogP contribution is 2.11. The number of ether oxygens (including phenoxy) is 9. The summed E-state index contributed by atoms with van der Waals surface area (Å²) < 4.78 is 49.4. The lowest BCUT2D eigenvalue weighted by Crippen LogP contribution is -2.58. The van der Waals surface area contributed by atoms with Gasteiger partial charge in [-0.25, -0.2) is 0 Å². The Morgan fingerprint density at radius 1 is 0.613 bits per heavy atom. The van der Waals surface area contributed by atoms with Crippen molar-refractivity contribution >= 4 is 35.5 Å². The second-order valence-corrected chi connectivity index (χ2v) is 13.0. The Kier molecular flexibility index (Phi) is 34.3. The summed E-state index contributed by atoms with van der Waals surface area (Å²) >= 11 is 0. The number of amides is 4. The molecule has 0 saturated heterocycles. The molecule has 62 heavy (non-hydrogen) atoms. The second-order valence-electron chi connectivity index (χ2n) is 13.0. The van der Waals surface area contributed by atoms with E-state index in [1.165, 1.54) is 0 Å². The van der Waals surface area contributed by atoms with Crippen molar-refractivity contribution in [1.29, 1.82) is 0 Å². The lowest BCUT2D eigenvalue weighted by Gasteiger charge is -2.33. The fourth-order valence-electron chi connectivity index (χ4n) is 4.90. The Morgan fingerprint density at radius 3 is 1.58 bits per heavy atom. The van der Waals surface area contributed by atoms with E-state index in [1.54, 1.807) is 30.5 Å². The van der Waals surface area contributed by atoms with Gasteiger partial charge in [0.05, 0.1) is 99.1 Å². The van der Waals surface area contributed by atoms with Crippen LogP contribution < -0.4 is 27.0 Å². The highest BCUT2D eigenvalue weighted by atomic mass is 16.6. The van der Waals surface area contributed by atoms with Gasteiger partial charge in [0.15, 0.2) is 0 Å². The molecule has 0 atom stereocenters. The molecule has 0 aromatic heterocycles. The largest absolute Gasteiger partial charge is 0.380 e. The first-order chi connectivity index (χ1) is 30.2. The van der Waals surface area contributed by atoms with E-state index in [0.717, 1.165) is 5.69 Å². The number of benzene rings is 1. The van der Waals surface area contributed by atoms with Crippen molar-refractivity contribution in [2.45, 2.75) is 24.8 Å². The van der Waals surface area contributed by atoms with Gasteiger partial charge in [-0.2, -0.15) is 0 Å². The molecule has 19 nitrogen and oxygen atoms in total. The van der Waals surface area contributed by atoms with Gasteiger partial charge in [0.25, 0.3) is 5.91 Å². The summed E-state index contributed by atoms with van der Waals surface area (Å²) in [5, 5.41) is 11.6. The minimum atomic E-state index is -1.04. The molecule has 6 N–H and O–H groups in total. The number of primary amides is 1. The predicted molar refractivity (Wildman–Crippen MR) is 231 cm³/mol. The maximum Gasteiger partial charge on any atom is 0.251 e. The number of nitrogens with zero attached hydrogens (tertiary/aromatic N) is 1. The number of hydrogen-bond donors (Lipinski definition) is 5. The molecule has 0 spiro atoms. The number of rotatable bonds is 41. The molecule has 4 amide bonds. The van der Waals surface area contributed by atoms with Crippen LogP contribution in [0.1, 0.15) is 29.6 Å². The van der Waals surface area contributed by atoms with Crippen LogP contribution in [0.4, 0.5) is 5.69 Å². The number of aliphatic imine (C=N–C) groups is 1. The van der Waals surface area contributed by atoms with E-state index >= 15 is 0 Å². The summed E-state index contributed by atoms with van der Waals surface area (Å²) in [6.07, 6.45) is 18.3. The third-order valence-corrected chi connectivity index (χ3v) is 7.78. The van der Waals surface area contributed by atoms with Gasteiger partial charge < -0.3 is 69.6 Å². The van der Waals surface area contributed by atoms with Gasteiger partial charge in [0.1, 0.15) is 31.9 Å². The number of carbonyl (C=O) groups excluding carboxylic acids is 4. The molecule has 0 heterocycles. The zero-order valence-electron chi connectivity index (χ0n) is 35.6. The highest BCUT2D eigenvalue weighted by molar-refractivity contribution is 5.94. The van der Waals surface area contributed by atoms with Crippen LogP contribution in [-0.2, 0) is 57.0 Å². The summed E-state index contributed by atoms with van der Waals surface area (Å²) in [4.78, 5) is 51.7. The number of carbonyl (C=O) groups is 4. The predicted octanol–water partition coefficient (Wildman–Crippen LogP) is -0.425. The van der Waals surface area contributed by atoms with Gasteiger partial charge in [-0.1, -0.05) is 17.8 Å². The molecule has 1 aromatic carbocycles. The average Bonchev–Trinajstić information content (AvgIpc) is 3.26. The second kappa shape index (κ2) is 38.8. The Bertz CT molecular complexity index is 1480. The quantitative estimate of drug-likeness (QED) is 0.0319. The third-order valence-electron chi connectivity index (χ3n) is 7.78. The molecule has 0 unspecified atom stereocenters. The topological polar surface area (TPSA) is 238 Å². The maximum absolute atomic E-state index is 12.7. The molecule has 0 aliphatic carbocycles. The van der Waals surface area contributed by atoms with Gasteiger partial charge >= 0.3 is 0 Å². The van der Waals surface area contributed by atoms with Crippen molar-refractivity contribution in [1.82, 2.24) is 16.0 Å². The molecular formula is C43H64N6O13. The smallest absolute Gasteiger partial charge is 0.251 e. The van der Waals surface area contributed by atoms with Crippen molar-refractivity contribution in [3.8, 4) is 37.0 Å². The van der Waals surface area contributed by atoms with E-state index in [1.807, 2.05) is 0 Å². The lowest BCUT2D eigenvalue weighted by molar-refractivity contribution is -0.128. The van der Waals surface area contributed by atoms with Crippen LogP contribution in [0.25, 0.3) is 0 Å². The number of terminal acetylenes is 3. The Balaban J connectivity index is 1.94. The van der Waals surface area contributed by atoms with Crippen LogP contribution in [0.15, 0.2) is 29.3 Å². The summed E-state index contributed by atoms with van der Waals surface area (Å²) in [7, 11) is 0. The first-order valence-electron chi connectivity index (χ1n) is 20.2. The van der Waals surface area contributed by atoms with E-state index in [4.69, 9.17) is 67.6 Å². The van der Waals surface area contributed by atoms with Gasteiger partial charge in [0.2, 0.25) is 17.7 Å². The van der Waals surface area contributed by atoms with Gasteiger partial charge in [-0.3, -0.25) is 24.2 Å². The fraction of sp³-hybridized carbons (Fsp3) is 0.605. The van der Waals surface area contributed by atoms with Crippen LogP contribution in [0.3, 0.4) is 0 Å². The Labute approximate surface area is 365 Å².